The quantitative estimate of drug-likeness (QED) is 0.440. The Morgan fingerprint density at radius 2 is 1.65 bits per heavy atom. The average Bonchev–Trinajstić information content (AvgIpc) is 3.31. The molecule has 1 aromatic heterocycles. The molecule has 6 nitrogen and oxygen atoms in total. The van der Waals surface area contributed by atoms with E-state index in [0.29, 0.717) is 18.5 Å². The number of nitrogens with one attached hydrogen (secondary N) is 2. The number of hydrogen-bond donors (Lipinski definition) is 2. The van der Waals surface area contributed by atoms with Crippen molar-refractivity contribution in [1.82, 2.24) is 10.0 Å². The van der Waals surface area contributed by atoms with Crippen LogP contribution in [0.2, 0.25) is 0 Å². The molecule has 0 bridgehead atoms. The first-order valence-electron chi connectivity index (χ1n) is 9.89. The van der Waals surface area contributed by atoms with E-state index in [9.17, 15) is 13.2 Å². The first kappa shape index (κ1) is 20.8. The molecule has 0 unspecified atom stereocenters. The number of sulfonamides is 1. The molecule has 0 aliphatic heterocycles. The first-order valence-corrected chi connectivity index (χ1v) is 11.4. The maximum Gasteiger partial charge on any atom is 0.251 e. The molecule has 4 aromatic rings. The molecule has 0 saturated carbocycles. The highest BCUT2D eigenvalue weighted by molar-refractivity contribution is 7.89. The van der Waals surface area contributed by atoms with Gasteiger partial charge in [0.25, 0.3) is 5.91 Å². The minimum atomic E-state index is -3.65. The normalized spacial score (nSPS) is 11.5. The number of rotatable bonds is 8. The molecule has 158 valence electrons. The minimum Gasteiger partial charge on any atom is -0.469 e. The Hall–Kier alpha value is -3.42. The van der Waals surface area contributed by atoms with Gasteiger partial charge in [0.2, 0.25) is 10.0 Å². The summed E-state index contributed by atoms with van der Waals surface area (Å²) in [6.45, 7) is 0.606. The third kappa shape index (κ3) is 5.20. The Labute approximate surface area is 181 Å². The molecule has 1 amide bonds. The monoisotopic (exact) mass is 434 g/mol. The highest BCUT2D eigenvalue weighted by atomic mass is 32.2. The zero-order valence-corrected chi connectivity index (χ0v) is 17.6. The summed E-state index contributed by atoms with van der Waals surface area (Å²) in [4.78, 5) is 12.5. The lowest BCUT2D eigenvalue weighted by atomic mass is 10.1. The van der Waals surface area contributed by atoms with Crippen molar-refractivity contribution in [2.75, 3.05) is 6.54 Å². The smallest absolute Gasteiger partial charge is 0.251 e. The van der Waals surface area contributed by atoms with Crippen LogP contribution in [0.5, 0.6) is 0 Å². The summed E-state index contributed by atoms with van der Waals surface area (Å²) in [6, 6.07) is 23.2. The Morgan fingerprint density at radius 1 is 0.871 bits per heavy atom. The number of amides is 1. The molecule has 0 aliphatic carbocycles. The molecule has 7 heteroatoms. The summed E-state index contributed by atoms with van der Waals surface area (Å²) < 4.78 is 33.2. The molecule has 1 heterocycles. The van der Waals surface area contributed by atoms with Gasteiger partial charge in [0.05, 0.1) is 11.2 Å². The molecule has 0 fully saturated rings. The third-order valence-corrected chi connectivity index (χ3v) is 6.35. The second-order valence-corrected chi connectivity index (χ2v) is 8.88. The second-order valence-electron chi connectivity index (χ2n) is 7.12. The van der Waals surface area contributed by atoms with E-state index in [1.165, 1.54) is 0 Å². The van der Waals surface area contributed by atoms with E-state index in [0.717, 1.165) is 22.1 Å². The van der Waals surface area contributed by atoms with Crippen LogP contribution in [0.1, 0.15) is 21.7 Å². The molecule has 2 N–H and O–H groups in total. The Kier molecular flexibility index (Phi) is 6.16. The van der Waals surface area contributed by atoms with E-state index >= 15 is 0 Å². The lowest BCUT2D eigenvalue weighted by Gasteiger charge is -2.09. The van der Waals surface area contributed by atoms with E-state index in [4.69, 9.17) is 4.42 Å². The zero-order chi connectivity index (χ0) is 21.7. The fourth-order valence-electron chi connectivity index (χ4n) is 3.23. The summed E-state index contributed by atoms with van der Waals surface area (Å²) in [6.07, 6.45) is 2.22. The summed E-state index contributed by atoms with van der Waals surface area (Å²) in [5.74, 6) is 0.629. The molecule has 0 saturated heterocycles. The van der Waals surface area contributed by atoms with Crippen molar-refractivity contribution >= 4 is 26.7 Å². The molecule has 0 spiro atoms. The van der Waals surface area contributed by atoms with E-state index in [2.05, 4.69) is 10.0 Å². The van der Waals surface area contributed by atoms with Crippen molar-refractivity contribution < 1.29 is 17.6 Å². The van der Waals surface area contributed by atoms with E-state index in [1.807, 2.05) is 36.4 Å². The minimum absolute atomic E-state index is 0.134. The number of carbonyl (C=O) groups is 1. The number of fused-ring (bicyclic) bond motifs is 1. The van der Waals surface area contributed by atoms with Gasteiger partial charge in [-0.25, -0.2) is 13.1 Å². The Balaban J connectivity index is 1.34. The molecule has 0 atom stereocenters. The topological polar surface area (TPSA) is 88.4 Å². The highest BCUT2D eigenvalue weighted by Crippen LogP contribution is 2.19. The lowest BCUT2D eigenvalue weighted by molar-refractivity contribution is 0.0953. The Morgan fingerprint density at radius 3 is 2.39 bits per heavy atom. The van der Waals surface area contributed by atoms with Gasteiger partial charge in [-0.2, -0.15) is 0 Å². The van der Waals surface area contributed by atoms with Crippen LogP contribution in [0.4, 0.5) is 0 Å². The molecule has 0 aliphatic rings. The van der Waals surface area contributed by atoms with Crippen LogP contribution in [0.3, 0.4) is 0 Å². The van der Waals surface area contributed by atoms with Crippen LogP contribution >= 0.6 is 0 Å². The van der Waals surface area contributed by atoms with Crippen LogP contribution in [-0.2, 0) is 23.0 Å². The van der Waals surface area contributed by atoms with E-state index < -0.39 is 10.0 Å². The lowest BCUT2D eigenvalue weighted by Crippen LogP contribution is -2.26. The fourth-order valence-corrected chi connectivity index (χ4v) is 4.28. The second kappa shape index (κ2) is 9.16. The van der Waals surface area contributed by atoms with E-state index in [-0.39, 0.29) is 17.3 Å². The van der Waals surface area contributed by atoms with Gasteiger partial charge in [-0.3, -0.25) is 4.79 Å². The standard InChI is InChI=1S/C24H22N2O4S/c27-24(25-14-13-22-6-3-15-30-22)20-9-7-18(8-10-20)17-26-31(28,29)23-12-11-19-4-1-2-5-21(19)16-23/h1-12,15-16,26H,13-14,17H2,(H,25,27). The van der Waals surface area contributed by atoms with Crippen LogP contribution in [0.25, 0.3) is 10.8 Å². The molecular weight excluding hydrogens is 412 g/mol. The van der Waals surface area contributed by atoms with Crippen LogP contribution < -0.4 is 10.0 Å². The van der Waals surface area contributed by atoms with Gasteiger partial charge in [0.1, 0.15) is 5.76 Å². The largest absolute Gasteiger partial charge is 0.469 e. The van der Waals surface area contributed by atoms with Crippen molar-refractivity contribution in [3.05, 3.63) is 102 Å². The molecule has 4 rings (SSSR count). The number of hydrogen-bond acceptors (Lipinski definition) is 4. The van der Waals surface area contributed by atoms with Gasteiger partial charge in [-0.1, -0.05) is 42.5 Å². The van der Waals surface area contributed by atoms with Crippen molar-refractivity contribution in [2.45, 2.75) is 17.9 Å². The summed E-state index contributed by atoms with van der Waals surface area (Å²) in [5, 5.41) is 4.69. The summed E-state index contributed by atoms with van der Waals surface area (Å²) in [5.41, 5.74) is 1.28. The van der Waals surface area contributed by atoms with Crippen molar-refractivity contribution in [3.8, 4) is 0 Å². The summed E-state index contributed by atoms with van der Waals surface area (Å²) in [7, 11) is -3.65. The maximum absolute atomic E-state index is 12.7. The predicted molar refractivity (Wildman–Crippen MR) is 119 cm³/mol. The van der Waals surface area contributed by atoms with Gasteiger partial charge in [0, 0.05) is 25.1 Å². The number of benzene rings is 3. The number of furan rings is 1. The average molecular weight is 435 g/mol. The molecule has 3 aromatic carbocycles. The van der Waals surface area contributed by atoms with Gasteiger partial charge in [-0.05, 0) is 52.7 Å². The molecule has 0 radical (unpaired) electrons. The van der Waals surface area contributed by atoms with Gasteiger partial charge in [0.15, 0.2) is 0 Å². The van der Waals surface area contributed by atoms with Crippen LogP contribution in [-0.4, -0.2) is 20.9 Å². The van der Waals surface area contributed by atoms with Crippen LogP contribution in [0, 0.1) is 0 Å². The van der Waals surface area contributed by atoms with Crippen molar-refractivity contribution in [2.24, 2.45) is 0 Å². The van der Waals surface area contributed by atoms with Crippen LogP contribution in [0.15, 0.2) is 94.4 Å². The van der Waals surface area contributed by atoms with Gasteiger partial charge in [-0.15, -0.1) is 0 Å². The fraction of sp³-hybridized carbons (Fsp3) is 0.125. The van der Waals surface area contributed by atoms with E-state index in [1.54, 1.807) is 48.7 Å². The van der Waals surface area contributed by atoms with Crippen molar-refractivity contribution in [1.29, 1.82) is 0 Å². The number of carbonyl (C=O) groups excluding carboxylic acids is 1. The SMILES string of the molecule is O=C(NCCc1ccco1)c1ccc(CNS(=O)(=O)c2ccc3ccccc3c2)cc1. The highest BCUT2D eigenvalue weighted by Gasteiger charge is 2.14. The molecular formula is C24H22N2O4S. The molecule has 31 heavy (non-hydrogen) atoms. The van der Waals surface area contributed by atoms with Crippen molar-refractivity contribution in [3.63, 3.8) is 0 Å². The Bertz CT molecular complexity index is 1280. The third-order valence-electron chi connectivity index (χ3n) is 4.95. The first-order chi connectivity index (χ1) is 15.0. The van der Waals surface area contributed by atoms with Gasteiger partial charge < -0.3 is 9.73 Å². The maximum atomic E-state index is 12.7. The zero-order valence-electron chi connectivity index (χ0n) is 16.7. The predicted octanol–water partition coefficient (Wildman–Crippen LogP) is 3.88. The van der Waals surface area contributed by atoms with Gasteiger partial charge >= 0.3 is 0 Å². The summed E-state index contributed by atoms with van der Waals surface area (Å²) >= 11 is 0.